The number of esters is 1. The molecule has 0 radical (unpaired) electrons. The molecule has 1 aromatic carbocycles. The van der Waals surface area contributed by atoms with Crippen molar-refractivity contribution in [1.29, 1.82) is 0 Å². The molecule has 0 aliphatic carbocycles. The Morgan fingerprint density at radius 3 is 2.79 bits per heavy atom. The maximum Gasteiger partial charge on any atom is 0.308 e. The van der Waals surface area contributed by atoms with Gasteiger partial charge in [0.1, 0.15) is 5.82 Å². The Kier molecular flexibility index (Phi) is 4.40. The Morgan fingerprint density at radius 1 is 1.47 bits per heavy atom. The van der Waals surface area contributed by atoms with Gasteiger partial charge in [-0.25, -0.2) is 4.39 Å². The number of halogens is 1. The lowest BCUT2D eigenvalue weighted by molar-refractivity contribution is -0.145. The second kappa shape index (κ2) is 6.04. The third-order valence-electron chi connectivity index (χ3n) is 3.77. The fourth-order valence-corrected chi connectivity index (χ4v) is 2.71. The number of nitrogens with zero attached hydrogens (tertiary/aromatic N) is 1. The minimum Gasteiger partial charge on any atom is -0.469 e. The quantitative estimate of drug-likeness (QED) is 0.784. The third-order valence-corrected chi connectivity index (χ3v) is 3.77. The van der Waals surface area contributed by atoms with Crippen molar-refractivity contribution in [1.82, 2.24) is 0 Å². The Bertz CT molecular complexity index is 432. The molecule has 0 aromatic heterocycles. The third kappa shape index (κ3) is 3.46. The molecular formula is C15H20FNO2. The van der Waals surface area contributed by atoms with Gasteiger partial charge in [0.25, 0.3) is 0 Å². The lowest BCUT2D eigenvalue weighted by atomic mass is 9.95. The van der Waals surface area contributed by atoms with Crippen LogP contribution in [0.3, 0.4) is 0 Å². The van der Waals surface area contributed by atoms with Crippen LogP contribution in [-0.4, -0.2) is 26.2 Å². The molecule has 3 nitrogen and oxygen atoms in total. The van der Waals surface area contributed by atoms with E-state index in [1.54, 1.807) is 12.1 Å². The van der Waals surface area contributed by atoms with Crippen molar-refractivity contribution in [3.8, 4) is 0 Å². The Balaban J connectivity index is 1.89. The standard InChI is InChI=1S/C15H20FNO2/c1-11(15(18)19-2)9-12-7-8-17(10-12)14-5-3-13(16)4-6-14/h3-6,11-12H,7-10H2,1-2H3. The van der Waals surface area contributed by atoms with Gasteiger partial charge >= 0.3 is 5.97 Å². The monoisotopic (exact) mass is 265 g/mol. The number of hydrogen-bond donors (Lipinski definition) is 0. The molecule has 1 aliphatic rings. The fraction of sp³-hybridized carbons (Fsp3) is 0.533. The molecule has 0 spiro atoms. The van der Waals surface area contributed by atoms with Crippen LogP contribution in [0, 0.1) is 17.7 Å². The van der Waals surface area contributed by atoms with Crippen molar-refractivity contribution in [3.05, 3.63) is 30.1 Å². The van der Waals surface area contributed by atoms with Gasteiger partial charge in [-0.1, -0.05) is 6.92 Å². The van der Waals surface area contributed by atoms with E-state index in [2.05, 4.69) is 4.90 Å². The van der Waals surface area contributed by atoms with E-state index in [-0.39, 0.29) is 17.7 Å². The second-order valence-corrected chi connectivity index (χ2v) is 5.24. The number of methoxy groups -OCH3 is 1. The molecule has 0 saturated carbocycles. The highest BCUT2D eigenvalue weighted by molar-refractivity contribution is 5.71. The van der Waals surface area contributed by atoms with Crippen molar-refractivity contribution >= 4 is 11.7 Å². The molecule has 1 saturated heterocycles. The first-order chi connectivity index (χ1) is 9.10. The van der Waals surface area contributed by atoms with Gasteiger partial charge in [-0.05, 0) is 43.0 Å². The summed E-state index contributed by atoms with van der Waals surface area (Å²) < 4.78 is 17.6. The van der Waals surface area contributed by atoms with Gasteiger partial charge in [-0.15, -0.1) is 0 Å². The predicted octanol–water partition coefficient (Wildman–Crippen LogP) is 2.85. The maximum atomic E-state index is 12.9. The van der Waals surface area contributed by atoms with Crippen molar-refractivity contribution in [2.45, 2.75) is 19.8 Å². The average Bonchev–Trinajstić information content (AvgIpc) is 2.87. The van der Waals surface area contributed by atoms with E-state index in [1.807, 2.05) is 6.92 Å². The number of hydrogen-bond acceptors (Lipinski definition) is 3. The largest absolute Gasteiger partial charge is 0.469 e. The minimum atomic E-state index is -0.209. The highest BCUT2D eigenvalue weighted by Gasteiger charge is 2.26. The first-order valence-electron chi connectivity index (χ1n) is 6.68. The zero-order valence-electron chi connectivity index (χ0n) is 11.4. The number of benzene rings is 1. The summed E-state index contributed by atoms with van der Waals surface area (Å²) >= 11 is 0. The Hall–Kier alpha value is -1.58. The number of carbonyl (C=O) groups is 1. The van der Waals surface area contributed by atoms with Crippen LogP contribution in [0.2, 0.25) is 0 Å². The zero-order chi connectivity index (χ0) is 13.8. The van der Waals surface area contributed by atoms with Gasteiger partial charge in [0.05, 0.1) is 13.0 Å². The fourth-order valence-electron chi connectivity index (χ4n) is 2.71. The first-order valence-corrected chi connectivity index (χ1v) is 6.68. The molecule has 0 N–H and O–H groups in total. The highest BCUT2D eigenvalue weighted by atomic mass is 19.1. The molecular weight excluding hydrogens is 245 g/mol. The van der Waals surface area contributed by atoms with E-state index < -0.39 is 0 Å². The maximum absolute atomic E-state index is 12.9. The summed E-state index contributed by atoms with van der Waals surface area (Å²) in [6.45, 7) is 3.80. The van der Waals surface area contributed by atoms with Crippen LogP contribution in [0.4, 0.5) is 10.1 Å². The number of rotatable bonds is 4. The van der Waals surface area contributed by atoms with Crippen molar-refractivity contribution < 1.29 is 13.9 Å². The van der Waals surface area contributed by atoms with Gasteiger partial charge in [-0.3, -0.25) is 4.79 Å². The molecule has 0 bridgehead atoms. The van der Waals surface area contributed by atoms with Crippen LogP contribution in [0.1, 0.15) is 19.8 Å². The molecule has 1 aromatic rings. The zero-order valence-corrected chi connectivity index (χ0v) is 11.4. The molecule has 2 rings (SSSR count). The SMILES string of the molecule is COC(=O)C(C)CC1CCN(c2ccc(F)cc2)C1. The van der Waals surface area contributed by atoms with E-state index in [1.165, 1.54) is 19.2 Å². The average molecular weight is 265 g/mol. The van der Waals surface area contributed by atoms with Crippen LogP contribution in [-0.2, 0) is 9.53 Å². The summed E-state index contributed by atoms with van der Waals surface area (Å²) in [4.78, 5) is 13.7. The van der Waals surface area contributed by atoms with Crippen LogP contribution in [0.5, 0.6) is 0 Å². The minimum absolute atomic E-state index is 0.0526. The summed E-state index contributed by atoms with van der Waals surface area (Å²) in [6, 6.07) is 6.59. The molecule has 104 valence electrons. The molecule has 1 fully saturated rings. The summed E-state index contributed by atoms with van der Waals surface area (Å²) in [6.07, 6.45) is 1.92. The van der Waals surface area contributed by atoms with Crippen LogP contribution < -0.4 is 4.90 Å². The second-order valence-electron chi connectivity index (χ2n) is 5.24. The van der Waals surface area contributed by atoms with E-state index in [0.717, 1.165) is 31.6 Å². The van der Waals surface area contributed by atoms with Gasteiger partial charge in [0.15, 0.2) is 0 Å². The van der Waals surface area contributed by atoms with Gasteiger partial charge < -0.3 is 9.64 Å². The number of ether oxygens (including phenoxy) is 1. The van der Waals surface area contributed by atoms with Crippen molar-refractivity contribution in [3.63, 3.8) is 0 Å². The van der Waals surface area contributed by atoms with E-state index in [0.29, 0.717) is 5.92 Å². The molecule has 4 heteroatoms. The summed E-state index contributed by atoms with van der Waals surface area (Å²) in [5.41, 5.74) is 1.05. The first kappa shape index (κ1) is 13.8. The normalized spacial score (nSPS) is 20.4. The number of carbonyl (C=O) groups excluding carboxylic acids is 1. The van der Waals surface area contributed by atoms with Crippen molar-refractivity contribution in [2.24, 2.45) is 11.8 Å². The molecule has 19 heavy (non-hydrogen) atoms. The molecule has 0 amide bonds. The van der Waals surface area contributed by atoms with Gasteiger partial charge in [0, 0.05) is 18.8 Å². The molecule has 2 unspecified atom stereocenters. The Morgan fingerprint density at radius 2 is 2.16 bits per heavy atom. The summed E-state index contributed by atoms with van der Waals surface area (Å²) in [5.74, 6) is 0.0985. The van der Waals surface area contributed by atoms with E-state index >= 15 is 0 Å². The molecule has 1 heterocycles. The van der Waals surface area contributed by atoms with Crippen LogP contribution in [0.25, 0.3) is 0 Å². The van der Waals surface area contributed by atoms with E-state index in [9.17, 15) is 9.18 Å². The highest BCUT2D eigenvalue weighted by Crippen LogP contribution is 2.28. The predicted molar refractivity (Wildman–Crippen MR) is 72.5 cm³/mol. The summed E-state index contributed by atoms with van der Waals surface area (Å²) in [7, 11) is 1.43. The topological polar surface area (TPSA) is 29.5 Å². The smallest absolute Gasteiger partial charge is 0.308 e. The summed E-state index contributed by atoms with van der Waals surface area (Å²) in [5, 5.41) is 0. The van der Waals surface area contributed by atoms with E-state index in [4.69, 9.17) is 4.74 Å². The van der Waals surface area contributed by atoms with Gasteiger partial charge in [0.2, 0.25) is 0 Å². The number of anilines is 1. The van der Waals surface area contributed by atoms with Crippen LogP contribution >= 0.6 is 0 Å². The van der Waals surface area contributed by atoms with Crippen molar-refractivity contribution in [2.75, 3.05) is 25.1 Å². The molecule has 1 aliphatic heterocycles. The molecule has 2 atom stereocenters. The van der Waals surface area contributed by atoms with Gasteiger partial charge in [-0.2, -0.15) is 0 Å². The Labute approximate surface area is 113 Å². The lowest BCUT2D eigenvalue weighted by Gasteiger charge is -2.19. The van der Waals surface area contributed by atoms with Crippen LogP contribution in [0.15, 0.2) is 24.3 Å². The lowest BCUT2D eigenvalue weighted by Crippen LogP contribution is -2.22.